The molecule has 5 heteroatoms. The summed E-state index contributed by atoms with van der Waals surface area (Å²) in [5, 5.41) is 0. The Morgan fingerprint density at radius 2 is 2.10 bits per heavy atom. The Labute approximate surface area is 124 Å². The van der Waals surface area contributed by atoms with Gasteiger partial charge in [-0.2, -0.15) is 0 Å². The van der Waals surface area contributed by atoms with Gasteiger partial charge in [-0.05, 0) is 38.1 Å². The van der Waals surface area contributed by atoms with Gasteiger partial charge >= 0.3 is 0 Å². The lowest BCUT2D eigenvalue weighted by Crippen LogP contribution is -2.26. The number of rotatable bonds is 5. The third-order valence-corrected chi connectivity index (χ3v) is 3.02. The van der Waals surface area contributed by atoms with Gasteiger partial charge in [0.2, 0.25) is 0 Å². The van der Waals surface area contributed by atoms with E-state index in [0.717, 1.165) is 11.5 Å². The number of nitrogens with zero attached hydrogens (tertiary/aromatic N) is 1. The van der Waals surface area contributed by atoms with Gasteiger partial charge in [0.1, 0.15) is 17.3 Å². The molecular formula is C16H20N2O3. The highest BCUT2D eigenvalue weighted by Gasteiger charge is 2.15. The van der Waals surface area contributed by atoms with Gasteiger partial charge in [-0.1, -0.05) is 0 Å². The number of hydrogen-bond acceptors (Lipinski definition) is 4. The summed E-state index contributed by atoms with van der Waals surface area (Å²) in [5.41, 5.74) is 6.82. The van der Waals surface area contributed by atoms with Crippen LogP contribution in [-0.4, -0.2) is 24.5 Å². The van der Waals surface area contributed by atoms with Crippen molar-refractivity contribution in [2.75, 3.05) is 19.4 Å². The second-order valence-corrected chi connectivity index (χ2v) is 4.90. The second kappa shape index (κ2) is 6.35. The minimum Gasteiger partial charge on any atom is -0.494 e. The third kappa shape index (κ3) is 3.78. The van der Waals surface area contributed by atoms with E-state index in [2.05, 4.69) is 0 Å². The summed E-state index contributed by atoms with van der Waals surface area (Å²) >= 11 is 0. The molecule has 1 aromatic carbocycles. The molecule has 0 aliphatic carbocycles. The van der Waals surface area contributed by atoms with E-state index in [0.29, 0.717) is 30.2 Å². The number of carbonyl (C=O) groups is 1. The first-order valence-corrected chi connectivity index (χ1v) is 6.83. The Bertz CT molecular complexity index is 634. The van der Waals surface area contributed by atoms with Crippen molar-refractivity contribution in [3.8, 4) is 5.75 Å². The molecule has 112 valence electrons. The average Bonchev–Trinajstić information content (AvgIpc) is 2.83. The molecule has 0 saturated heterocycles. The summed E-state index contributed by atoms with van der Waals surface area (Å²) in [6, 6.07) is 8.79. The lowest BCUT2D eigenvalue weighted by molar-refractivity contribution is 0.0774. The molecule has 0 atom stereocenters. The molecule has 1 heterocycles. The molecule has 1 amide bonds. The standard InChI is InChI=1S/C16H20N2O3/c1-4-20-15-8-12(7-13(17)9-15)16(19)18(3)10-14-6-5-11(2)21-14/h5-9H,4,10,17H2,1-3H3. The van der Waals surface area contributed by atoms with Crippen LogP contribution < -0.4 is 10.5 Å². The van der Waals surface area contributed by atoms with Gasteiger partial charge in [-0.3, -0.25) is 4.79 Å². The van der Waals surface area contributed by atoms with E-state index >= 15 is 0 Å². The fourth-order valence-corrected chi connectivity index (χ4v) is 2.09. The van der Waals surface area contributed by atoms with E-state index in [1.807, 2.05) is 26.0 Å². The van der Waals surface area contributed by atoms with Crippen molar-refractivity contribution in [3.05, 3.63) is 47.4 Å². The number of anilines is 1. The Morgan fingerprint density at radius 3 is 2.71 bits per heavy atom. The Morgan fingerprint density at radius 1 is 1.33 bits per heavy atom. The normalized spacial score (nSPS) is 10.4. The number of hydrogen-bond donors (Lipinski definition) is 1. The highest BCUT2D eigenvalue weighted by molar-refractivity contribution is 5.95. The largest absolute Gasteiger partial charge is 0.494 e. The van der Waals surface area contributed by atoms with E-state index in [9.17, 15) is 4.79 Å². The van der Waals surface area contributed by atoms with Crippen LogP contribution in [0.2, 0.25) is 0 Å². The van der Waals surface area contributed by atoms with Gasteiger partial charge in [0.25, 0.3) is 5.91 Å². The molecule has 0 radical (unpaired) electrons. The first kappa shape index (κ1) is 15.0. The van der Waals surface area contributed by atoms with Gasteiger partial charge in [-0.15, -0.1) is 0 Å². The van der Waals surface area contributed by atoms with Crippen molar-refractivity contribution in [3.63, 3.8) is 0 Å². The molecule has 2 N–H and O–H groups in total. The summed E-state index contributed by atoms with van der Waals surface area (Å²) in [4.78, 5) is 14.0. The third-order valence-electron chi connectivity index (χ3n) is 3.02. The topological polar surface area (TPSA) is 68.7 Å². The van der Waals surface area contributed by atoms with Crippen LogP contribution in [-0.2, 0) is 6.54 Å². The van der Waals surface area contributed by atoms with Crippen molar-refractivity contribution in [1.29, 1.82) is 0 Å². The maximum atomic E-state index is 12.4. The van der Waals surface area contributed by atoms with Crippen molar-refractivity contribution in [2.24, 2.45) is 0 Å². The van der Waals surface area contributed by atoms with E-state index in [1.54, 1.807) is 30.1 Å². The molecule has 1 aromatic heterocycles. The van der Waals surface area contributed by atoms with Gasteiger partial charge < -0.3 is 19.8 Å². The molecule has 2 aromatic rings. The lowest BCUT2D eigenvalue weighted by atomic mass is 10.1. The number of carbonyl (C=O) groups excluding carboxylic acids is 1. The summed E-state index contributed by atoms with van der Waals surface area (Å²) in [7, 11) is 1.73. The Hall–Kier alpha value is -2.43. The minimum atomic E-state index is -0.127. The van der Waals surface area contributed by atoms with Crippen LogP contribution in [0.4, 0.5) is 5.69 Å². The number of furan rings is 1. The van der Waals surface area contributed by atoms with Crippen LogP contribution in [0.25, 0.3) is 0 Å². The maximum Gasteiger partial charge on any atom is 0.254 e. The van der Waals surface area contributed by atoms with Gasteiger partial charge in [0, 0.05) is 24.4 Å². The van der Waals surface area contributed by atoms with Crippen molar-refractivity contribution in [1.82, 2.24) is 4.90 Å². The zero-order chi connectivity index (χ0) is 15.4. The number of aryl methyl sites for hydroxylation is 1. The highest BCUT2D eigenvalue weighted by Crippen LogP contribution is 2.20. The first-order chi connectivity index (χ1) is 9.99. The summed E-state index contributed by atoms with van der Waals surface area (Å²) in [5.74, 6) is 2.05. The predicted molar refractivity (Wildman–Crippen MR) is 81.3 cm³/mol. The minimum absolute atomic E-state index is 0.127. The quantitative estimate of drug-likeness (QED) is 0.859. The van der Waals surface area contributed by atoms with E-state index in [1.165, 1.54) is 0 Å². The van der Waals surface area contributed by atoms with Gasteiger partial charge in [0.05, 0.1) is 13.2 Å². The predicted octanol–water partition coefficient (Wildman–Crippen LogP) is 2.84. The molecule has 0 saturated carbocycles. The monoisotopic (exact) mass is 288 g/mol. The van der Waals surface area contributed by atoms with Crippen molar-refractivity contribution >= 4 is 11.6 Å². The highest BCUT2D eigenvalue weighted by atomic mass is 16.5. The molecule has 0 aliphatic rings. The van der Waals surface area contributed by atoms with Crippen LogP contribution in [0.15, 0.2) is 34.7 Å². The fourth-order valence-electron chi connectivity index (χ4n) is 2.09. The fraction of sp³-hybridized carbons (Fsp3) is 0.312. The summed E-state index contributed by atoms with van der Waals surface area (Å²) < 4.78 is 10.9. The zero-order valence-electron chi connectivity index (χ0n) is 12.6. The van der Waals surface area contributed by atoms with Gasteiger partial charge in [0.15, 0.2) is 0 Å². The van der Waals surface area contributed by atoms with Crippen molar-refractivity contribution in [2.45, 2.75) is 20.4 Å². The molecule has 21 heavy (non-hydrogen) atoms. The first-order valence-electron chi connectivity index (χ1n) is 6.83. The van der Waals surface area contributed by atoms with Gasteiger partial charge in [-0.25, -0.2) is 0 Å². The van der Waals surface area contributed by atoms with E-state index < -0.39 is 0 Å². The Balaban J connectivity index is 2.14. The van der Waals surface area contributed by atoms with Crippen molar-refractivity contribution < 1.29 is 13.9 Å². The number of nitrogen functional groups attached to an aromatic ring is 1. The van der Waals surface area contributed by atoms with Crippen LogP contribution >= 0.6 is 0 Å². The number of ether oxygens (including phenoxy) is 1. The average molecular weight is 288 g/mol. The van der Waals surface area contributed by atoms with Crippen LogP contribution in [0.1, 0.15) is 28.8 Å². The molecule has 0 bridgehead atoms. The number of benzene rings is 1. The summed E-state index contributed by atoms with van der Waals surface area (Å²) in [6.07, 6.45) is 0. The number of nitrogens with two attached hydrogens (primary N) is 1. The van der Waals surface area contributed by atoms with E-state index in [4.69, 9.17) is 14.9 Å². The SMILES string of the molecule is CCOc1cc(N)cc(C(=O)N(C)Cc2ccc(C)o2)c1. The van der Waals surface area contributed by atoms with E-state index in [-0.39, 0.29) is 5.91 Å². The second-order valence-electron chi connectivity index (χ2n) is 4.90. The van der Waals surface area contributed by atoms with Crippen LogP contribution in [0, 0.1) is 6.92 Å². The Kier molecular flexibility index (Phi) is 4.52. The van der Waals surface area contributed by atoms with Crippen LogP contribution in [0.5, 0.6) is 5.75 Å². The lowest BCUT2D eigenvalue weighted by Gasteiger charge is -2.17. The smallest absolute Gasteiger partial charge is 0.254 e. The molecule has 0 unspecified atom stereocenters. The zero-order valence-corrected chi connectivity index (χ0v) is 12.6. The molecule has 0 fully saturated rings. The molecule has 0 aliphatic heterocycles. The molecule has 0 spiro atoms. The van der Waals surface area contributed by atoms with Crippen LogP contribution in [0.3, 0.4) is 0 Å². The maximum absolute atomic E-state index is 12.4. The summed E-state index contributed by atoms with van der Waals surface area (Å²) in [6.45, 7) is 4.69. The molecule has 2 rings (SSSR count). The molecular weight excluding hydrogens is 268 g/mol. The number of amides is 1. The molecule has 5 nitrogen and oxygen atoms in total.